The molecule has 0 spiro atoms. The topological polar surface area (TPSA) is 65.0 Å². The fourth-order valence-electron chi connectivity index (χ4n) is 3.33. The van der Waals surface area contributed by atoms with Gasteiger partial charge in [0.15, 0.2) is 0 Å². The van der Waals surface area contributed by atoms with Gasteiger partial charge < -0.3 is 5.11 Å². The summed E-state index contributed by atoms with van der Waals surface area (Å²) in [5.74, 6) is -1.23. The highest BCUT2D eigenvalue weighted by Crippen LogP contribution is 2.60. The van der Waals surface area contributed by atoms with Gasteiger partial charge in [0, 0.05) is 14.2 Å². The molecular formula is C14H25F2O5P. The molecule has 3 atom stereocenters. The number of aliphatic hydroxyl groups is 1. The number of hydrogen-bond donors (Lipinski definition) is 1. The van der Waals surface area contributed by atoms with Crippen LogP contribution in [0, 0.1) is 17.8 Å². The van der Waals surface area contributed by atoms with Crippen LogP contribution in [0.3, 0.4) is 0 Å². The molecule has 5 nitrogen and oxygen atoms in total. The molecule has 0 aliphatic heterocycles. The first-order valence-corrected chi connectivity index (χ1v) is 9.25. The van der Waals surface area contributed by atoms with Crippen molar-refractivity contribution in [1.29, 1.82) is 0 Å². The van der Waals surface area contributed by atoms with Crippen LogP contribution >= 0.6 is 7.82 Å². The summed E-state index contributed by atoms with van der Waals surface area (Å²) in [7, 11) is -2.26. The van der Waals surface area contributed by atoms with E-state index >= 15 is 0 Å². The Balaban J connectivity index is 1.85. The molecule has 2 aliphatic carbocycles. The van der Waals surface area contributed by atoms with E-state index in [4.69, 9.17) is 0 Å². The van der Waals surface area contributed by atoms with Gasteiger partial charge in [-0.15, -0.1) is 0 Å². The first-order chi connectivity index (χ1) is 10.3. The average Bonchev–Trinajstić information content (AvgIpc) is 3.29. The molecule has 0 aromatic carbocycles. The fourth-order valence-corrected chi connectivity index (χ4v) is 4.06. The zero-order chi connectivity index (χ0) is 16.4. The van der Waals surface area contributed by atoms with Crippen molar-refractivity contribution in [2.24, 2.45) is 17.8 Å². The van der Waals surface area contributed by atoms with E-state index in [1.165, 1.54) is 6.42 Å². The van der Waals surface area contributed by atoms with Crippen LogP contribution in [0.4, 0.5) is 8.78 Å². The SMILES string of the molecule is COP(=O)(OC)OC(F)(F)[C@H]1C[C@@H]1[C@H](O)CC1CCCCC1. The van der Waals surface area contributed by atoms with Gasteiger partial charge in [0.05, 0.1) is 12.0 Å². The minimum atomic E-state index is -4.24. The number of halogens is 2. The lowest BCUT2D eigenvalue weighted by molar-refractivity contribution is -0.209. The largest absolute Gasteiger partial charge is 0.479 e. The van der Waals surface area contributed by atoms with Crippen LogP contribution in [0.2, 0.25) is 0 Å². The lowest BCUT2D eigenvalue weighted by Crippen LogP contribution is -2.27. The minimum Gasteiger partial charge on any atom is -0.393 e. The van der Waals surface area contributed by atoms with E-state index in [-0.39, 0.29) is 6.42 Å². The Morgan fingerprint density at radius 2 is 1.82 bits per heavy atom. The number of phosphoric acid groups is 1. The number of rotatable bonds is 8. The van der Waals surface area contributed by atoms with Crippen molar-refractivity contribution in [2.45, 2.75) is 57.2 Å². The van der Waals surface area contributed by atoms with Gasteiger partial charge >= 0.3 is 13.9 Å². The first-order valence-electron chi connectivity index (χ1n) is 7.79. The zero-order valence-corrected chi connectivity index (χ0v) is 13.9. The van der Waals surface area contributed by atoms with Gasteiger partial charge in [-0.1, -0.05) is 32.1 Å². The highest BCUT2D eigenvalue weighted by molar-refractivity contribution is 7.48. The molecule has 0 aromatic rings. The van der Waals surface area contributed by atoms with Crippen LogP contribution in [-0.4, -0.2) is 31.5 Å². The summed E-state index contributed by atoms with van der Waals surface area (Å²) in [6, 6.07) is 0. The summed E-state index contributed by atoms with van der Waals surface area (Å²) in [6.45, 7) is 0. The number of aliphatic hydroxyl groups excluding tert-OH is 1. The molecule has 0 saturated heterocycles. The third-order valence-electron chi connectivity index (χ3n) is 4.75. The highest BCUT2D eigenvalue weighted by atomic mass is 31.2. The summed E-state index contributed by atoms with van der Waals surface area (Å²) >= 11 is 0. The fraction of sp³-hybridized carbons (Fsp3) is 1.00. The van der Waals surface area contributed by atoms with E-state index < -0.39 is 31.9 Å². The third-order valence-corrected chi connectivity index (χ3v) is 6.11. The van der Waals surface area contributed by atoms with Gasteiger partial charge in [0.25, 0.3) is 0 Å². The first kappa shape index (κ1) is 18.3. The zero-order valence-electron chi connectivity index (χ0n) is 13.0. The molecule has 22 heavy (non-hydrogen) atoms. The standard InChI is InChI=1S/C14H25F2O5P/c1-19-22(18,20-2)21-14(15,16)12-9-11(12)13(17)8-10-6-4-3-5-7-10/h10-13,17H,3-9H2,1-2H3/t11-,12-,13+/m0/s1. The van der Waals surface area contributed by atoms with Crippen LogP contribution in [0.5, 0.6) is 0 Å². The van der Waals surface area contributed by atoms with Crippen molar-refractivity contribution >= 4 is 7.82 Å². The lowest BCUT2D eigenvalue weighted by Gasteiger charge is -2.25. The van der Waals surface area contributed by atoms with Crippen molar-refractivity contribution in [3.05, 3.63) is 0 Å². The van der Waals surface area contributed by atoms with Gasteiger partial charge in [-0.05, 0) is 24.7 Å². The molecule has 2 saturated carbocycles. The maximum absolute atomic E-state index is 14.0. The van der Waals surface area contributed by atoms with Gasteiger partial charge in [0.2, 0.25) is 0 Å². The number of hydrogen-bond acceptors (Lipinski definition) is 5. The normalized spacial score (nSPS) is 28.6. The molecule has 2 fully saturated rings. The second kappa shape index (κ2) is 7.22. The van der Waals surface area contributed by atoms with Crippen LogP contribution in [0.1, 0.15) is 44.9 Å². The van der Waals surface area contributed by atoms with Crippen LogP contribution in [0.15, 0.2) is 0 Å². The Bertz CT molecular complexity index is 406. The second-order valence-corrected chi connectivity index (χ2v) is 8.09. The summed E-state index contributed by atoms with van der Waals surface area (Å²) in [5, 5.41) is 10.2. The number of phosphoric ester groups is 1. The molecule has 1 N–H and O–H groups in total. The van der Waals surface area contributed by atoms with Crippen LogP contribution in [0.25, 0.3) is 0 Å². The predicted octanol–water partition coefficient (Wildman–Crippen LogP) is 3.96. The molecule has 0 heterocycles. The maximum Gasteiger partial charge on any atom is 0.479 e. The quantitative estimate of drug-likeness (QED) is 0.676. The van der Waals surface area contributed by atoms with Crippen molar-refractivity contribution < 1.29 is 32.0 Å². The summed E-state index contributed by atoms with van der Waals surface area (Å²) in [4.78, 5) is 0. The minimum absolute atomic E-state index is 0.161. The molecular weight excluding hydrogens is 317 g/mol. The number of alkyl halides is 2. The molecule has 0 amide bonds. The Kier molecular flexibility index (Phi) is 6.00. The van der Waals surface area contributed by atoms with Crippen LogP contribution in [-0.2, 0) is 18.1 Å². The Morgan fingerprint density at radius 3 is 2.36 bits per heavy atom. The van der Waals surface area contributed by atoms with Gasteiger partial charge in [-0.3, -0.25) is 9.05 Å². The van der Waals surface area contributed by atoms with E-state index in [1.54, 1.807) is 0 Å². The van der Waals surface area contributed by atoms with E-state index in [1.807, 2.05) is 0 Å². The highest BCUT2D eigenvalue weighted by Gasteiger charge is 2.61. The monoisotopic (exact) mass is 342 g/mol. The van der Waals surface area contributed by atoms with E-state index in [0.717, 1.165) is 39.9 Å². The summed E-state index contributed by atoms with van der Waals surface area (Å²) < 4.78 is 52.7. The Labute approximate surface area is 129 Å². The molecule has 2 aliphatic rings. The van der Waals surface area contributed by atoms with E-state index in [9.17, 15) is 18.5 Å². The second-order valence-electron chi connectivity index (χ2n) is 6.28. The molecule has 8 heteroatoms. The van der Waals surface area contributed by atoms with Gasteiger partial charge in [-0.2, -0.15) is 8.78 Å². The Morgan fingerprint density at radius 1 is 1.23 bits per heavy atom. The maximum atomic E-state index is 14.0. The summed E-state index contributed by atoms with van der Waals surface area (Å²) in [5.41, 5.74) is 0. The smallest absolute Gasteiger partial charge is 0.393 e. The van der Waals surface area contributed by atoms with Crippen molar-refractivity contribution in [2.75, 3.05) is 14.2 Å². The summed E-state index contributed by atoms with van der Waals surface area (Å²) in [6.07, 6.45) is 1.97. The molecule has 2 rings (SSSR count). The van der Waals surface area contributed by atoms with E-state index in [2.05, 4.69) is 13.6 Å². The Hall–Kier alpha value is -0.0700. The average molecular weight is 342 g/mol. The van der Waals surface area contributed by atoms with Crippen molar-refractivity contribution in [3.63, 3.8) is 0 Å². The predicted molar refractivity (Wildman–Crippen MR) is 76.5 cm³/mol. The van der Waals surface area contributed by atoms with Crippen molar-refractivity contribution in [1.82, 2.24) is 0 Å². The lowest BCUT2D eigenvalue weighted by atomic mass is 9.84. The molecule has 130 valence electrons. The third kappa shape index (κ3) is 4.48. The molecule has 0 aromatic heterocycles. The van der Waals surface area contributed by atoms with Gasteiger partial charge in [-0.25, -0.2) is 9.09 Å². The molecule has 0 bridgehead atoms. The van der Waals surface area contributed by atoms with Crippen LogP contribution < -0.4 is 0 Å². The molecule has 0 radical (unpaired) electrons. The van der Waals surface area contributed by atoms with Gasteiger partial charge in [0.1, 0.15) is 0 Å². The van der Waals surface area contributed by atoms with Crippen molar-refractivity contribution in [3.8, 4) is 0 Å². The molecule has 0 unspecified atom stereocenters. The van der Waals surface area contributed by atoms with E-state index in [0.29, 0.717) is 12.3 Å².